The van der Waals surface area contributed by atoms with Crippen LogP contribution < -0.4 is 5.73 Å². The number of carbonyl (C=O) groups is 1. The molecule has 2 unspecified atom stereocenters. The molecule has 0 saturated carbocycles. The third-order valence-corrected chi connectivity index (χ3v) is 8.09. The molecule has 0 aliphatic carbocycles. The average Bonchev–Trinajstić information content (AvgIpc) is 3.58. The lowest BCUT2D eigenvalue weighted by Crippen LogP contribution is -2.46. The summed E-state index contributed by atoms with van der Waals surface area (Å²) in [4.78, 5) is 19.8. The molecule has 12 nitrogen and oxygen atoms in total. The molecule has 2 bridgehead atoms. The fourth-order valence-electron chi connectivity index (χ4n) is 5.52. The van der Waals surface area contributed by atoms with Gasteiger partial charge in [-0.15, -0.1) is 0 Å². The van der Waals surface area contributed by atoms with E-state index in [4.69, 9.17) is 10.7 Å². The van der Waals surface area contributed by atoms with Gasteiger partial charge in [0.2, 0.25) is 0 Å². The van der Waals surface area contributed by atoms with Gasteiger partial charge in [0.1, 0.15) is 16.4 Å². The lowest BCUT2D eigenvalue weighted by Gasteiger charge is -2.39. The number of nitrogens with two attached hydrogens (primary N) is 1. The molecule has 0 spiro atoms. The number of hydrogen-bond donors (Lipinski definition) is 3. The zero-order valence-corrected chi connectivity index (χ0v) is 19.2. The van der Waals surface area contributed by atoms with Crippen molar-refractivity contribution in [1.82, 2.24) is 39.9 Å². The van der Waals surface area contributed by atoms with E-state index in [1.165, 1.54) is 4.52 Å². The van der Waals surface area contributed by atoms with E-state index in [1.54, 1.807) is 30.9 Å². The Labute approximate surface area is 194 Å². The molecule has 2 aliphatic rings. The first kappa shape index (κ1) is 20.8. The Bertz CT molecular complexity index is 1480. The summed E-state index contributed by atoms with van der Waals surface area (Å²) in [7, 11) is -3.69. The van der Waals surface area contributed by atoms with E-state index in [2.05, 4.69) is 25.5 Å². The van der Waals surface area contributed by atoms with Crippen LogP contribution in [0.5, 0.6) is 0 Å². The lowest BCUT2D eigenvalue weighted by molar-refractivity contribution is 0.0562. The van der Waals surface area contributed by atoms with Crippen LogP contribution in [-0.2, 0) is 9.84 Å². The second-order valence-corrected chi connectivity index (χ2v) is 11.0. The molecule has 4 aromatic heterocycles. The molecule has 6 heterocycles. The minimum Gasteiger partial charge on any atom is -0.382 e. The van der Waals surface area contributed by atoms with Gasteiger partial charge in [0.15, 0.2) is 15.5 Å². The fourth-order valence-corrected chi connectivity index (χ4v) is 6.58. The van der Waals surface area contributed by atoms with Crippen molar-refractivity contribution in [1.29, 1.82) is 0 Å². The summed E-state index contributed by atoms with van der Waals surface area (Å²) in [6.45, 7) is 0. The number of sulfone groups is 1. The first-order valence-corrected chi connectivity index (χ1v) is 12.9. The van der Waals surface area contributed by atoms with Gasteiger partial charge in [-0.3, -0.25) is 15.0 Å². The highest BCUT2D eigenvalue weighted by Gasteiger charge is 2.45. The normalized spacial score (nSPS) is 22.5. The van der Waals surface area contributed by atoms with Gasteiger partial charge in [-0.05, 0) is 31.7 Å². The molecule has 2 aliphatic heterocycles. The molecule has 4 N–H and O–H groups in total. The number of piperidine rings is 1. The van der Waals surface area contributed by atoms with Gasteiger partial charge in [0, 0.05) is 47.8 Å². The van der Waals surface area contributed by atoms with Crippen LogP contribution in [0.25, 0.3) is 16.8 Å². The number of nitrogens with one attached hydrogen (secondary N) is 2. The summed E-state index contributed by atoms with van der Waals surface area (Å²) < 4.78 is 27.1. The minimum absolute atomic E-state index is 0.00975. The van der Waals surface area contributed by atoms with Crippen LogP contribution in [0.2, 0.25) is 0 Å². The topological polar surface area (TPSA) is 168 Å². The highest BCUT2D eigenvalue weighted by atomic mass is 32.2. The molecule has 176 valence electrons. The number of rotatable bonds is 4. The largest absolute Gasteiger partial charge is 0.382 e. The van der Waals surface area contributed by atoms with Crippen molar-refractivity contribution in [2.45, 2.75) is 48.6 Å². The monoisotopic (exact) mass is 481 g/mol. The molecule has 0 radical (unpaired) electrons. The van der Waals surface area contributed by atoms with Crippen molar-refractivity contribution in [3.8, 4) is 11.1 Å². The van der Waals surface area contributed by atoms with Gasteiger partial charge in [-0.25, -0.2) is 13.4 Å². The predicted molar refractivity (Wildman–Crippen MR) is 122 cm³/mol. The molecule has 6 rings (SSSR count). The van der Waals surface area contributed by atoms with Gasteiger partial charge in [-0.2, -0.15) is 19.8 Å². The second-order valence-electron chi connectivity index (χ2n) is 9.00. The zero-order valence-electron chi connectivity index (χ0n) is 18.3. The third kappa shape index (κ3) is 3.10. The fraction of sp³-hybridized carbons (Fsp3) is 0.381. The van der Waals surface area contributed by atoms with Crippen LogP contribution in [-0.4, -0.2) is 72.6 Å². The van der Waals surface area contributed by atoms with Gasteiger partial charge < -0.3 is 10.6 Å². The molecular formula is C21H23N9O3S. The number of nitrogen functional groups attached to an aromatic ring is 1. The maximum Gasteiger partial charge on any atom is 0.272 e. The molecule has 2 fully saturated rings. The first-order chi connectivity index (χ1) is 16.3. The summed E-state index contributed by atoms with van der Waals surface area (Å²) in [5, 5.41) is 17.7. The molecule has 34 heavy (non-hydrogen) atoms. The maximum absolute atomic E-state index is 13.1. The second kappa shape index (κ2) is 7.38. The quantitative estimate of drug-likeness (QED) is 0.393. The van der Waals surface area contributed by atoms with Gasteiger partial charge in [0.25, 0.3) is 5.91 Å². The first-order valence-electron chi connectivity index (χ1n) is 11.0. The number of anilines is 1. The van der Waals surface area contributed by atoms with Crippen molar-refractivity contribution in [2.75, 3.05) is 12.0 Å². The van der Waals surface area contributed by atoms with Crippen LogP contribution in [0.3, 0.4) is 0 Å². The summed E-state index contributed by atoms with van der Waals surface area (Å²) in [5.74, 6) is -0.194. The number of fused-ring (bicyclic) bond motifs is 3. The SMILES string of the molecule is CS(=O)(=O)c1c(C2CC3CCC(C2)N3C(=O)c2ccn[nH]2)nc2c(-c3cn[nH]c3)cnn2c1N. The smallest absolute Gasteiger partial charge is 0.272 e. The Morgan fingerprint density at radius 3 is 2.56 bits per heavy atom. The molecule has 13 heteroatoms. The van der Waals surface area contributed by atoms with Gasteiger partial charge in [-0.1, -0.05) is 0 Å². The third-order valence-electron chi connectivity index (χ3n) is 6.93. The zero-order chi connectivity index (χ0) is 23.6. The summed E-state index contributed by atoms with van der Waals surface area (Å²) >= 11 is 0. The lowest BCUT2D eigenvalue weighted by atomic mass is 9.87. The highest BCUT2D eigenvalue weighted by molar-refractivity contribution is 7.91. The van der Waals surface area contributed by atoms with Crippen LogP contribution in [0.1, 0.15) is 47.8 Å². The molecule has 2 atom stereocenters. The Balaban J connectivity index is 1.45. The minimum atomic E-state index is -3.69. The van der Waals surface area contributed by atoms with Crippen molar-refractivity contribution in [3.05, 3.63) is 42.2 Å². The summed E-state index contributed by atoms with van der Waals surface area (Å²) in [6.07, 6.45) is 10.6. The predicted octanol–water partition coefficient (Wildman–Crippen LogP) is 1.38. The van der Waals surface area contributed by atoms with E-state index in [9.17, 15) is 13.2 Å². The van der Waals surface area contributed by atoms with E-state index in [0.29, 0.717) is 35.4 Å². The van der Waals surface area contributed by atoms with E-state index in [1.807, 2.05) is 4.90 Å². The molecular weight excluding hydrogens is 458 g/mol. The van der Waals surface area contributed by atoms with Crippen LogP contribution >= 0.6 is 0 Å². The molecule has 0 aromatic carbocycles. The molecule has 1 amide bonds. The summed E-state index contributed by atoms with van der Waals surface area (Å²) in [5.41, 5.74) is 9.25. The maximum atomic E-state index is 13.1. The number of aromatic amines is 2. The van der Waals surface area contributed by atoms with Crippen LogP contribution in [0.15, 0.2) is 35.7 Å². The molecule has 2 saturated heterocycles. The van der Waals surface area contributed by atoms with Gasteiger partial charge in [0.05, 0.1) is 18.1 Å². The van der Waals surface area contributed by atoms with E-state index < -0.39 is 9.84 Å². The number of amides is 1. The van der Waals surface area contributed by atoms with Crippen molar-refractivity contribution >= 4 is 27.2 Å². The molecule has 4 aromatic rings. The Morgan fingerprint density at radius 2 is 1.94 bits per heavy atom. The number of H-pyrrole nitrogens is 2. The Morgan fingerprint density at radius 1 is 1.18 bits per heavy atom. The number of hydrogen-bond acceptors (Lipinski definition) is 8. The van der Waals surface area contributed by atoms with Crippen molar-refractivity contribution in [3.63, 3.8) is 0 Å². The van der Waals surface area contributed by atoms with Crippen molar-refractivity contribution in [2.24, 2.45) is 0 Å². The van der Waals surface area contributed by atoms with Gasteiger partial charge >= 0.3 is 0 Å². The van der Waals surface area contributed by atoms with E-state index in [0.717, 1.165) is 24.7 Å². The highest BCUT2D eigenvalue weighted by Crippen LogP contribution is 2.45. The number of carbonyl (C=O) groups excluding carboxylic acids is 1. The van der Waals surface area contributed by atoms with Crippen LogP contribution in [0.4, 0.5) is 5.82 Å². The average molecular weight is 482 g/mol. The van der Waals surface area contributed by atoms with Crippen LogP contribution in [0, 0.1) is 0 Å². The number of nitrogens with zero attached hydrogens (tertiary/aromatic N) is 6. The van der Waals surface area contributed by atoms with Crippen molar-refractivity contribution < 1.29 is 13.2 Å². The van der Waals surface area contributed by atoms with E-state index >= 15 is 0 Å². The Kier molecular flexibility index (Phi) is 4.52. The Hall–Kier alpha value is -3.74. The van der Waals surface area contributed by atoms with E-state index in [-0.39, 0.29) is 34.6 Å². The number of aromatic nitrogens is 7. The standard InChI is InChI=1S/C21H23N9O3S/c1-34(32,33)18-17(27-20-15(12-8-24-25-9-12)10-26-30(20)19(18)22)11-6-13-2-3-14(7-11)29(13)21(31)16-4-5-23-28-16/h4-5,8-11,13-14H,2-3,6-7,22H2,1H3,(H,23,28)(H,24,25). The summed E-state index contributed by atoms with van der Waals surface area (Å²) in [6, 6.07) is 1.65.